The molecule has 0 aliphatic carbocycles. The van der Waals surface area contributed by atoms with Crippen LogP contribution < -0.4 is 16.0 Å². The molecule has 1 aromatic carbocycles. The number of nitrogens with zero attached hydrogens (tertiary/aromatic N) is 1. The molecule has 0 spiro atoms. The SMILES string of the molecule is CN(C)CCOCCNC(=O)C1CNc2ccccc2N1. The summed E-state index contributed by atoms with van der Waals surface area (Å²) in [4.78, 5) is 14.1. The summed E-state index contributed by atoms with van der Waals surface area (Å²) in [7, 11) is 4.01. The van der Waals surface area contributed by atoms with Gasteiger partial charge in [-0.25, -0.2) is 0 Å². The lowest BCUT2D eigenvalue weighted by Gasteiger charge is -2.27. The highest BCUT2D eigenvalue weighted by Crippen LogP contribution is 2.24. The zero-order valence-corrected chi connectivity index (χ0v) is 12.7. The number of rotatable bonds is 7. The molecule has 116 valence electrons. The number of likely N-dealkylation sites (N-methyl/N-ethyl adjacent to an activating group) is 1. The highest BCUT2D eigenvalue weighted by atomic mass is 16.5. The van der Waals surface area contributed by atoms with E-state index in [1.165, 1.54) is 0 Å². The number of benzene rings is 1. The van der Waals surface area contributed by atoms with Crippen molar-refractivity contribution in [1.29, 1.82) is 0 Å². The Hall–Kier alpha value is -1.79. The molecule has 0 fully saturated rings. The van der Waals surface area contributed by atoms with Gasteiger partial charge in [-0.3, -0.25) is 4.79 Å². The minimum absolute atomic E-state index is 0.00628. The molecule has 0 bridgehead atoms. The summed E-state index contributed by atoms with van der Waals surface area (Å²) in [6.45, 7) is 3.23. The number of para-hydroxylation sites is 2. The zero-order chi connectivity index (χ0) is 15.1. The fraction of sp³-hybridized carbons (Fsp3) is 0.533. The summed E-state index contributed by atoms with van der Waals surface area (Å²) >= 11 is 0. The Labute approximate surface area is 125 Å². The summed E-state index contributed by atoms with van der Waals surface area (Å²) in [5, 5.41) is 9.39. The van der Waals surface area contributed by atoms with Gasteiger partial charge in [0.1, 0.15) is 6.04 Å². The number of carbonyl (C=O) groups excluding carboxylic acids is 1. The summed E-state index contributed by atoms with van der Waals surface area (Å²) in [6, 6.07) is 7.63. The monoisotopic (exact) mass is 292 g/mol. The van der Waals surface area contributed by atoms with Crippen molar-refractivity contribution in [1.82, 2.24) is 10.2 Å². The van der Waals surface area contributed by atoms with Crippen molar-refractivity contribution in [2.75, 3.05) is 57.6 Å². The van der Waals surface area contributed by atoms with Crippen LogP contribution in [0.1, 0.15) is 0 Å². The maximum Gasteiger partial charge on any atom is 0.244 e. The number of anilines is 2. The summed E-state index contributed by atoms with van der Waals surface area (Å²) in [5.41, 5.74) is 2.00. The van der Waals surface area contributed by atoms with E-state index in [9.17, 15) is 4.79 Å². The number of carbonyl (C=O) groups is 1. The number of nitrogens with one attached hydrogen (secondary N) is 3. The first-order chi connectivity index (χ1) is 10.2. The lowest BCUT2D eigenvalue weighted by molar-refractivity contribution is -0.121. The van der Waals surface area contributed by atoms with Crippen molar-refractivity contribution in [3.8, 4) is 0 Å². The van der Waals surface area contributed by atoms with E-state index in [1.807, 2.05) is 38.4 Å². The molecule has 0 saturated carbocycles. The molecule has 1 amide bonds. The number of fused-ring (bicyclic) bond motifs is 1. The summed E-state index contributed by atoms with van der Waals surface area (Å²) < 4.78 is 5.45. The van der Waals surface area contributed by atoms with E-state index < -0.39 is 0 Å². The molecular weight excluding hydrogens is 268 g/mol. The third kappa shape index (κ3) is 4.91. The quantitative estimate of drug-likeness (QED) is 0.642. The Morgan fingerprint density at radius 2 is 2.10 bits per heavy atom. The predicted molar refractivity (Wildman–Crippen MR) is 84.7 cm³/mol. The minimum Gasteiger partial charge on any atom is -0.381 e. The van der Waals surface area contributed by atoms with E-state index in [1.54, 1.807) is 0 Å². The molecule has 1 heterocycles. The molecule has 1 aliphatic rings. The van der Waals surface area contributed by atoms with Crippen LogP contribution in [0.3, 0.4) is 0 Å². The maximum absolute atomic E-state index is 12.1. The topological polar surface area (TPSA) is 65.6 Å². The first-order valence-corrected chi connectivity index (χ1v) is 7.26. The maximum atomic E-state index is 12.1. The third-order valence-corrected chi connectivity index (χ3v) is 3.30. The van der Waals surface area contributed by atoms with Crippen LogP contribution in [0.5, 0.6) is 0 Å². The van der Waals surface area contributed by atoms with Gasteiger partial charge in [0.15, 0.2) is 0 Å². The number of amides is 1. The van der Waals surface area contributed by atoms with E-state index >= 15 is 0 Å². The van der Waals surface area contributed by atoms with Gasteiger partial charge >= 0.3 is 0 Å². The van der Waals surface area contributed by atoms with Gasteiger partial charge in [-0.2, -0.15) is 0 Å². The Kier molecular flexibility index (Phi) is 5.83. The van der Waals surface area contributed by atoms with Gasteiger partial charge in [-0.1, -0.05) is 12.1 Å². The van der Waals surface area contributed by atoms with E-state index in [2.05, 4.69) is 20.9 Å². The fourth-order valence-electron chi connectivity index (χ4n) is 2.09. The molecule has 1 aliphatic heterocycles. The van der Waals surface area contributed by atoms with Gasteiger partial charge in [-0.05, 0) is 26.2 Å². The van der Waals surface area contributed by atoms with Crippen LogP contribution in [0, 0.1) is 0 Å². The normalized spacial score (nSPS) is 16.8. The molecule has 1 atom stereocenters. The minimum atomic E-state index is -0.248. The Bertz CT molecular complexity index is 465. The highest BCUT2D eigenvalue weighted by molar-refractivity contribution is 5.88. The first kappa shape index (κ1) is 15.6. The molecular formula is C15H24N4O2. The highest BCUT2D eigenvalue weighted by Gasteiger charge is 2.22. The van der Waals surface area contributed by atoms with Crippen molar-refractivity contribution in [3.05, 3.63) is 24.3 Å². The second kappa shape index (κ2) is 7.85. The molecule has 2 rings (SSSR count). The van der Waals surface area contributed by atoms with Crippen molar-refractivity contribution in [2.45, 2.75) is 6.04 Å². The lowest BCUT2D eigenvalue weighted by atomic mass is 10.1. The zero-order valence-electron chi connectivity index (χ0n) is 12.7. The van der Waals surface area contributed by atoms with Crippen LogP contribution in [-0.2, 0) is 9.53 Å². The first-order valence-electron chi connectivity index (χ1n) is 7.26. The average Bonchev–Trinajstić information content (AvgIpc) is 2.49. The molecule has 1 unspecified atom stereocenters. The Balaban J connectivity index is 1.66. The molecule has 0 radical (unpaired) electrons. The van der Waals surface area contributed by atoms with E-state index in [4.69, 9.17) is 4.74 Å². The number of hydrogen-bond donors (Lipinski definition) is 3. The standard InChI is InChI=1S/C15H24N4O2/c1-19(2)8-10-21-9-7-16-15(20)14-11-17-12-5-3-4-6-13(12)18-14/h3-6,14,17-18H,7-11H2,1-2H3,(H,16,20). The summed E-state index contributed by atoms with van der Waals surface area (Å²) in [5.74, 6) is -0.00628. The molecule has 1 aromatic rings. The Morgan fingerprint density at radius 1 is 1.33 bits per heavy atom. The Morgan fingerprint density at radius 3 is 2.86 bits per heavy atom. The van der Waals surface area contributed by atoms with Gasteiger partial charge in [0.05, 0.1) is 24.6 Å². The van der Waals surface area contributed by atoms with Crippen molar-refractivity contribution < 1.29 is 9.53 Å². The number of ether oxygens (including phenoxy) is 1. The van der Waals surface area contributed by atoms with E-state index in [0.717, 1.165) is 17.9 Å². The van der Waals surface area contributed by atoms with Gasteiger partial charge in [0.25, 0.3) is 0 Å². The van der Waals surface area contributed by atoms with Crippen molar-refractivity contribution in [2.24, 2.45) is 0 Å². The molecule has 0 aromatic heterocycles. The predicted octanol–water partition coefficient (Wildman–Crippen LogP) is 0.587. The molecule has 3 N–H and O–H groups in total. The van der Waals surface area contributed by atoms with Crippen LogP contribution in [0.25, 0.3) is 0 Å². The molecule has 6 nitrogen and oxygen atoms in total. The van der Waals surface area contributed by atoms with Gasteiger partial charge < -0.3 is 25.6 Å². The molecule has 6 heteroatoms. The number of hydrogen-bond acceptors (Lipinski definition) is 5. The fourth-order valence-corrected chi connectivity index (χ4v) is 2.09. The van der Waals surface area contributed by atoms with Crippen molar-refractivity contribution >= 4 is 17.3 Å². The van der Waals surface area contributed by atoms with Crippen LogP contribution >= 0.6 is 0 Å². The average molecular weight is 292 g/mol. The molecule has 21 heavy (non-hydrogen) atoms. The van der Waals surface area contributed by atoms with Gasteiger partial charge in [0, 0.05) is 19.6 Å². The van der Waals surface area contributed by atoms with Gasteiger partial charge in [0.2, 0.25) is 5.91 Å². The second-order valence-corrected chi connectivity index (χ2v) is 5.33. The summed E-state index contributed by atoms with van der Waals surface area (Å²) in [6.07, 6.45) is 0. The largest absolute Gasteiger partial charge is 0.381 e. The van der Waals surface area contributed by atoms with E-state index in [-0.39, 0.29) is 11.9 Å². The third-order valence-electron chi connectivity index (χ3n) is 3.30. The smallest absolute Gasteiger partial charge is 0.244 e. The molecule has 0 saturated heterocycles. The van der Waals surface area contributed by atoms with Crippen LogP contribution in [-0.4, -0.2) is 63.8 Å². The van der Waals surface area contributed by atoms with Crippen molar-refractivity contribution in [3.63, 3.8) is 0 Å². The van der Waals surface area contributed by atoms with E-state index in [0.29, 0.717) is 26.3 Å². The van der Waals surface area contributed by atoms with Crippen LogP contribution in [0.4, 0.5) is 11.4 Å². The lowest BCUT2D eigenvalue weighted by Crippen LogP contribution is -2.46. The van der Waals surface area contributed by atoms with Gasteiger partial charge in [-0.15, -0.1) is 0 Å². The van der Waals surface area contributed by atoms with Crippen LogP contribution in [0.2, 0.25) is 0 Å². The second-order valence-electron chi connectivity index (χ2n) is 5.33. The van der Waals surface area contributed by atoms with Crippen LogP contribution in [0.15, 0.2) is 24.3 Å².